The molecule has 0 atom stereocenters. The van der Waals surface area contributed by atoms with E-state index in [1.165, 1.54) is 24.3 Å². The van der Waals surface area contributed by atoms with E-state index in [9.17, 15) is 0 Å². The summed E-state index contributed by atoms with van der Waals surface area (Å²) < 4.78 is 60.0. The molecule has 0 heterocycles. The summed E-state index contributed by atoms with van der Waals surface area (Å²) in [6.45, 7) is -6.37. The molecule has 0 bridgehead atoms. The van der Waals surface area contributed by atoms with Crippen LogP contribution in [0, 0.1) is 0 Å². The first-order valence-corrected chi connectivity index (χ1v) is 3.20. The Labute approximate surface area is 79.5 Å². The topological polar surface area (TPSA) is 26.0 Å². The highest BCUT2D eigenvalue weighted by atomic mass is 14.7. The molecule has 0 aliphatic heterocycles. The van der Waals surface area contributed by atoms with E-state index in [2.05, 4.69) is 0 Å². The van der Waals surface area contributed by atoms with E-state index >= 15 is 0 Å². The fourth-order valence-electron chi connectivity index (χ4n) is 0.749. The van der Waals surface area contributed by atoms with E-state index in [0.29, 0.717) is 0 Å². The lowest BCUT2D eigenvalue weighted by molar-refractivity contribution is 0.517. The molecule has 11 heavy (non-hydrogen) atoms. The van der Waals surface area contributed by atoms with Gasteiger partial charge in [-0.05, 0) is 25.6 Å². The predicted octanol–water partition coefficient (Wildman–Crippen LogP) is 1.97. The van der Waals surface area contributed by atoms with Crippen molar-refractivity contribution < 1.29 is 11.0 Å². The van der Waals surface area contributed by atoms with E-state index in [1.807, 2.05) is 0 Å². The maximum atomic E-state index is 7.95. The Kier molecular flexibility index (Phi) is 0.721. The van der Waals surface area contributed by atoms with Gasteiger partial charge in [-0.15, -0.1) is 0 Å². The third kappa shape index (κ3) is 3.19. The second kappa shape index (κ2) is 3.05. The van der Waals surface area contributed by atoms with Crippen LogP contribution in [-0.4, -0.2) is 5.54 Å². The van der Waals surface area contributed by atoms with Gasteiger partial charge in [-0.2, -0.15) is 0 Å². The van der Waals surface area contributed by atoms with Crippen LogP contribution < -0.4 is 5.73 Å². The van der Waals surface area contributed by atoms with Crippen molar-refractivity contribution in [3.8, 4) is 0 Å². The van der Waals surface area contributed by atoms with Crippen LogP contribution in [0.5, 0.6) is 0 Å². The lowest BCUT2D eigenvalue weighted by Gasteiger charge is -2.17. The van der Waals surface area contributed by atoms with Gasteiger partial charge < -0.3 is 5.73 Å². The second-order valence-corrected chi connectivity index (χ2v) is 2.30. The van der Waals surface area contributed by atoms with Crippen LogP contribution in [0.2, 0.25) is 0 Å². The molecule has 0 saturated heterocycles. The molecule has 0 saturated carbocycles. The second-order valence-electron chi connectivity index (χ2n) is 2.30. The van der Waals surface area contributed by atoms with Crippen LogP contribution in [0.15, 0.2) is 30.3 Å². The first-order valence-electron chi connectivity index (χ1n) is 7.20. The standard InChI is InChI=1S/C10H15N/c1-10(2,11)8-9-6-4-3-5-7-9/h3-7H,8,11H2,1-2H3/i1D3,2D3,8D2. The van der Waals surface area contributed by atoms with Gasteiger partial charge in [0.05, 0.1) is 0 Å². The van der Waals surface area contributed by atoms with Crippen LogP contribution >= 0.6 is 0 Å². The van der Waals surface area contributed by atoms with Crippen molar-refractivity contribution in [1.29, 1.82) is 0 Å². The maximum Gasteiger partial charge on any atom is 0.0335 e. The Bertz CT molecular complexity index is 419. The van der Waals surface area contributed by atoms with Crippen molar-refractivity contribution in [2.45, 2.75) is 25.6 Å². The molecule has 0 aliphatic carbocycles. The smallest absolute Gasteiger partial charge is 0.0335 e. The zero-order chi connectivity index (χ0) is 15.1. The third-order valence-corrected chi connectivity index (χ3v) is 1.12. The van der Waals surface area contributed by atoms with Gasteiger partial charge in [-0.1, -0.05) is 30.3 Å². The first-order chi connectivity index (χ1) is 8.36. The van der Waals surface area contributed by atoms with Crippen molar-refractivity contribution >= 4 is 0 Å². The average Bonchev–Trinajstić information content (AvgIpc) is 2.26. The maximum absolute atomic E-state index is 7.95. The largest absolute Gasteiger partial charge is 0.325 e. The minimum absolute atomic E-state index is 0.0789. The number of hydrogen-bond acceptors (Lipinski definition) is 1. The molecule has 0 amide bonds. The minimum Gasteiger partial charge on any atom is -0.325 e. The van der Waals surface area contributed by atoms with Gasteiger partial charge in [0.2, 0.25) is 0 Å². The quantitative estimate of drug-likeness (QED) is 0.698. The van der Waals surface area contributed by atoms with Crippen LogP contribution in [0.1, 0.15) is 30.2 Å². The molecular formula is C10H15N. The zero-order valence-corrected chi connectivity index (χ0v) is 5.96. The van der Waals surface area contributed by atoms with Crippen LogP contribution in [0.3, 0.4) is 0 Å². The Morgan fingerprint density at radius 3 is 2.64 bits per heavy atom. The molecule has 0 fully saturated rings. The molecule has 60 valence electrons. The zero-order valence-electron chi connectivity index (χ0n) is 14.0. The van der Waals surface area contributed by atoms with Gasteiger partial charge >= 0.3 is 0 Å². The summed E-state index contributed by atoms with van der Waals surface area (Å²) in [5, 5.41) is 0. The van der Waals surface area contributed by atoms with E-state index in [1.54, 1.807) is 6.07 Å². The fourth-order valence-corrected chi connectivity index (χ4v) is 0.749. The Hall–Kier alpha value is -0.820. The summed E-state index contributed by atoms with van der Waals surface area (Å²) in [6, 6.07) is 7.24. The molecule has 1 aromatic carbocycles. The first kappa shape index (κ1) is 2.60. The fraction of sp³-hybridized carbons (Fsp3) is 0.400. The van der Waals surface area contributed by atoms with Crippen molar-refractivity contribution in [3.63, 3.8) is 0 Å². The summed E-state index contributed by atoms with van der Waals surface area (Å²) in [5.41, 5.74) is 2.49. The molecule has 1 rings (SSSR count). The van der Waals surface area contributed by atoms with Crippen molar-refractivity contribution in [2.24, 2.45) is 5.73 Å². The van der Waals surface area contributed by atoms with Crippen LogP contribution in [0.4, 0.5) is 0 Å². The van der Waals surface area contributed by atoms with Crippen molar-refractivity contribution in [3.05, 3.63) is 35.9 Å². The molecule has 0 radical (unpaired) electrons. The number of hydrogen-bond donors (Lipinski definition) is 1. The van der Waals surface area contributed by atoms with Gasteiger partial charge in [-0.3, -0.25) is 0 Å². The summed E-state index contributed by atoms with van der Waals surface area (Å²) >= 11 is 0. The lowest BCUT2D eigenvalue weighted by atomic mass is 9.96. The summed E-state index contributed by atoms with van der Waals surface area (Å²) in [4.78, 5) is 0. The SMILES string of the molecule is [2H]C([2H])([2H])C(N)(C([2H])([2H])[2H])C([2H])([2H])c1ccccc1. The van der Waals surface area contributed by atoms with Crippen molar-refractivity contribution in [1.82, 2.24) is 0 Å². The van der Waals surface area contributed by atoms with Gasteiger partial charge in [-0.25, -0.2) is 0 Å². The van der Waals surface area contributed by atoms with Gasteiger partial charge in [0.25, 0.3) is 0 Å². The number of rotatable bonds is 2. The highest BCUT2D eigenvalue weighted by Crippen LogP contribution is 2.08. The molecule has 1 heteroatoms. The summed E-state index contributed by atoms with van der Waals surface area (Å²) in [7, 11) is 0. The molecular weight excluding hydrogens is 134 g/mol. The van der Waals surface area contributed by atoms with Crippen molar-refractivity contribution in [2.75, 3.05) is 0 Å². The van der Waals surface area contributed by atoms with E-state index in [0.717, 1.165) is 0 Å². The Morgan fingerprint density at radius 1 is 1.45 bits per heavy atom. The molecule has 1 aromatic rings. The van der Waals surface area contributed by atoms with E-state index < -0.39 is 25.6 Å². The minimum atomic E-state index is -3.18. The molecule has 0 spiro atoms. The van der Waals surface area contributed by atoms with Gasteiger partial charge in [0.15, 0.2) is 0 Å². The molecule has 1 nitrogen and oxygen atoms in total. The summed E-state index contributed by atoms with van der Waals surface area (Å²) in [5.74, 6) is 0. The Morgan fingerprint density at radius 2 is 2.09 bits per heavy atom. The lowest BCUT2D eigenvalue weighted by Crippen LogP contribution is -2.34. The molecule has 0 aromatic heterocycles. The predicted molar refractivity (Wildman–Crippen MR) is 48.4 cm³/mol. The Balaban J connectivity index is 3.51. The van der Waals surface area contributed by atoms with Crippen LogP contribution in [-0.2, 0) is 6.37 Å². The highest BCUT2D eigenvalue weighted by Gasteiger charge is 2.10. The number of nitrogens with two attached hydrogens (primary N) is 1. The van der Waals surface area contributed by atoms with E-state index in [-0.39, 0.29) is 5.56 Å². The monoisotopic (exact) mass is 157 g/mol. The van der Waals surface area contributed by atoms with Crippen LogP contribution in [0.25, 0.3) is 0 Å². The molecule has 0 aliphatic rings. The molecule has 0 unspecified atom stereocenters. The number of benzene rings is 1. The summed E-state index contributed by atoms with van der Waals surface area (Å²) in [6.07, 6.45) is -2.73. The van der Waals surface area contributed by atoms with Gasteiger partial charge in [0, 0.05) is 16.5 Å². The average molecular weight is 157 g/mol. The van der Waals surface area contributed by atoms with E-state index in [4.69, 9.17) is 16.7 Å². The highest BCUT2D eigenvalue weighted by molar-refractivity contribution is 5.16. The normalized spacial score (nSPS) is 25.9. The van der Waals surface area contributed by atoms with Gasteiger partial charge in [0.1, 0.15) is 0 Å². The molecule has 2 N–H and O–H groups in total. The third-order valence-electron chi connectivity index (χ3n) is 1.12.